The van der Waals surface area contributed by atoms with Crippen molar-refractivity contribution in [2.24, 2.45) is 0 Å². The molecule has 0 saturated carbocycles. The second-order valence-electron chi connectivity index (χ2n) is 6.89. The van der Waals surface area contributed by atoms with Crippen molar-refractivity contribution in [1.82, 2.24) is 0 Å². The van der Waals surface area contributed by atoms with Crippen LogP contribution in [0.1, 0.15) is 22.3 Å². The third-order valence-corrected chi connectivity index (χ3v) is 5.41. The van der Waals surface area contributed by atoms with Crippen molar-refractivity contribution in [1.29, 1.82) is 0 Å². The predicted molar refractivity (Wildman–Crippen MR) is 108 cm³/mol. The first-order valence-electron chi connectivity index (χ1n) is 9.26. The van der Waals surface area contributed by atoms with Gasteiger partial charge >= 0.3 is 0 Å². The molecule has 0 radical (unpaired) electrons. The second kappa shape index (κ2) is 7.77. The van der Waals surface area contributed by atoms with Crippen molar-refractivity contribution in [2.45, 2.75) is 12.8 Å². The van der Waals surface area contributed by atoms with Crippen LogP contribution in [-0.2, 0) is 11.2 Å². The van der Waals surface area contributed by atoms with Crippen LogP contribution in [-0.4, -0.2) is 43.7 Å². The summed E-state index contributed by atoms with van der Waals surface area (Å²) in [6, 6.07) is 10.0. The van der Waals surface area contributed by atoms with E-state index in [1.807, 2.05) is 17.0 Å². The van der Waals surface area contributed by atoms with Crippen LogP contribution in [0.3, 0.4) is 0 Å². The van der Waals surface area contributed by atoms with Gasteiger partial charge in [0.1, 0.15) is 0 Å². The number of nitrogens with zero attached hydrogens (tertiary/aromatic N) is 3. The number of nitro groups is 1. The molecule has 0 aliphatic carbocycles. The topological polar surface area (TPSA) is 75.9 Å². The fraction of sp³-hybridized carbons (Fsp3) is 0.350. The summed E-state index contributed by atoms with van der Waals surface area (Å²) in [5.74, 6) is -0.228. The molecule has 2 aliphatic heterocycles. The van der Waals surface area contributed by atoms with Gasteiger partial charge in [0, 0.05) is 42.5 Å². The molecule has 1 amide bonds. The number of aryl methyl sites for hydroxylation is 1. The lowest BCUT2D eigenvalue weighted by Crippen LogP contribution is -2.40. The van der Waals surface area contributed by atoms with Gasteiger partial charge in [-0.25, -0.2) is 0 Å². The zero-order valence-electron chi connectivity index (χ0n) is 15.3. The van der Waals surface area contributed by atoms with Crippen LogP contribution in [0.2, 0.25) is 5.02 Å². The highest BCUT2D eigenvalue weighted by molar-refractivity contribution is 6.30. The van der Waals surface area contributed by atoms with Gasteiger partial charge in [-0.2, -0.15) is 0 Å². The summed E-state index contributed by atoms with van der Waals surface area (Å²) in [4.78, 5) is 28.1. The first-order chi connectivity index (χ1) is 13.5. The maximum Gasteiger partial charge on any atom is 0.270 e. The van der Waals surface area contributed by atoms with Crippen molar-refractivity contribution in [3.8, 4) is 0 Å². The number of morpholine rings is 1. The van der Waals surface area contributed by atoms with Gasteiger partial charge in [0.2, 0.25) is 0 Å². The van der Waals surface area contributed by atoms with Crippen LogP contribution < -0.4 is 9.80 Å². The number of carbonyl (C=O) groups excluding carboxylic acids is 1. The van der Waals surface area contributed by atoms with Gasteiger partial charge in [0.25, 0.3) is 11.6 Å². The molecular formula is C20H20ClN3O4. The van der Waals surface area contributed by atoms with E-state index in [0.717, 1.165) is 24.1 Å². The monoisotopic (exact) mass is 401 g/mol. The molecule has 0 atom stereocenters. The number of anilines is 2. The molecule has 1 fully saturated rings. The number of halogens is 1. The maximum absolute atomic E-state index is 13.5. The van der Waals surface area contributed by atoms with E-state index in [4.69, 9.17) is 16.3 Å². The lowest BCUT2D eigenvalue weighted by Gasteiger charge is -2.33. The number of carbonyl (C=O) groups is 1. The number of fused-ring (bicyclic) bond motifs is 1. The van der Waals surface area contributed by atoms with E-state index >= 15 is 0 Å². The Hall–Kier alpha value is -2.64. The van der Waals surface area contributed by atoms with Crippen molar-refractivity contribution >= 4 is 34.6 Å². The van der Waals surface area contributed by atoms with Gasteiger partial charge in [0.15, 0.2) is 0 Å². The minimum Gasteiger partial charge on any atom is -0.378 e. The molecule has 2 aliphatic rings. The van der Waals surface area contributed by atoms with E-state index in [1.54, 1.807) is 17.0 Å². The van der Waals surface area contributed by atoms with Crippen LogP contribution in [0, 0.1) is 10.1 Å². The average Bonchev–Trinajstić information content (AvgIpc) is 2.72. The molecule has 2 aromatic carbocycles. The van der Waals surface area contributed by atoms with Crippen molar-refractivity contribution in [3.05, 3.63) is 62.7 Å². The lowest BCUT2D eigenvalue weighted by atomic mass is 10.00. The zero-order chi connectivity index (χ0) is 19.7. The summed E-state index contributed by atoms with van der Waals surface area (Å²) < 4.78 is 5.40. The quantitative estimate of drug-likeness (QED) is 0.579. The van der Waals surface area contributed by atoms with Crippen molar-refractivity contribution in [2.75, 3.05) is 42.6 Å². The smallest absolute Gasteiger partial charge is 0.270 e. The first-order valence-corrected chi connectivity index (χ1v) is 9.64. The molecule has 2 aromatic rings. The fourth-order valence-electron chi connectivity index (χ4n) is 3.81. The summed E-state index contributed by atoms with van der Waals surface area (Å²) in [5, 5.41) is 11.9. The molecule has 4 rings (SSSR count). The SMILES string of the molecule is O=C(c1cc([N+](=O)[O-])ccc1N1CCOCC1)N1CCCc2cc(Cl)ccc21. The van der Waals surface area contributed by atoms with E-state index in [2.05, 4.69) is 0 Å². The molecular weight excluding hydrogens is 382 g/mol. The molecule has 0 N–H and O–H groups in total. The Balaban J connectivity index is 1.76. The standard InChI is InChI=1S/C20H20ClN3O4/c21-15-3-5-18-14(12-15)2-1-7-23(18)20(25)17-13-16(24(26)27)4-6-19(17)22-8-10-28-11-9-22/h3-6,12-13H,1-2,7-11H2. The molecule has 8 heteroatoms. The van der Waals surface area contributed by atoms with Gasteiger partial charge in [-0.05, 0) is 42.7 Å². The highest BCUT2D eigenvalue weighted by Crippen LogP contribution is 2.34. The second-order valence-corrected chi connectivity index (χ2v) is 7.33. The summed E-state index contributed by atoms with van der Waals surface area (Å²) in [7, 11) is 0. The third kappa shape index (κ3) is 3.55. The van der Waals surface area contributed by atoms with Crippen molar-refractivity contribution in [3.63, 3.8) is 0 Å². The Morgan fingerprint density at radius 3 is 2.57 bits per heavy atom. The van der Waals surface area contributed by atoms with Crippen LogP contribution in [0.4, 0.5) is 17.1 Å². The molecule has 0 aromatic heterocycles. The number of hydrogen-bond acceptors (Lipinski definition) is 5. The molecule has 146 valence electrons. The summed E-state index contributed by atoms with van der Waals surface area (Å²) in [5.41, 5.74) is 2.80. The number of benzene rings is 2. The number of hydrogen-bond donors (Lipinski definition) is 0. The molecule has 0 unspecified atom stereocenters. The first kappa shape index (κ1) is 18.7. The fourth-order valence-corrected chi connectivity index (χ4v) is 4.01. The van der Waals surface area contributed by atoms with E-state index in [-0.39, 0.29) is 11.6 Å². The van der Waals surface area contributed by atoms with Crippen LogP contribution in [0.15, 0.2) is 36.4 Å². The molecule has 0 spiro atoms. The molecule has 0 bridgehead atoms. The molecule has 1 saturated heterocycles. The van der Waals surface area contributed by atoms with E-state index < -0.39 is 4.92 Å². The van der Waals surface area contributed by atoms with Crippen LogP contribution in [0.25, 0.3) is 0 Å². The number of rotatable bonds is 3. The molecule has 7 nitrogen and oxygen atoms in total. The summed E-state index contributed by atoms with van der Waals surface area (Å²) in [6.07, 6.45) is 1.67. The average molecular weight is 402 g/mol. The van der Waals surface area contributed by atoms with Crippen LogP contribution >= 0.6 is 11.6 Å². The minimum absolute atomic E-state index is 0.0892. The van der Waals surface area contributed by atoms with Gasteiger partial charge in [-0.15, -0.1) is 0 Å². The Kier molecular flexibility index (Phi) is 5.19. The summed E-state index contributed by atoms with van der Waals surface area (Å²) >= 11 is 6.11. The lowest BCUT2D eigenvalue weighted by molar-refractivity contribution is -0.384. The number of non-ortho nitro benzene ring substituents is 1. The highest BCUT2D eigenvalue weighted by Gasteiger charge is 2.28. The maximum atomic E-state index is 13.5. The Morgan fingerprint density at radius 1 is 1.07 bits per heavy atom. The zero-order valence-corrected chi connectivity index (χ0v) is 16.0. The van der Waals surface area contributed by atoms with Gasteiger partial charge in [-0.1, -0.05) is 11.6 Å². The Labute approximate surface area is 167 Å². The van der Waals surface area contributed by atoms with Crippen molar-refractivity contribution < 1.29 is 14.5 Å². The Morgan fingerprint density at radius 2 is 1.82 bits per heavy atom. The van der Waals surface area contributed by atoms with E-state index in [0.29, 0.717) is 49.1 Å². The molecule has 2 heterocycles. The third-order valence-electron chi connectivity index (χ3n) is 5.18. The Bertz CT molecular complexity index is 928. The van der Waals surface area contributed by atoms with Gasteiger partial charge in [0.05, 0.1) is 29.4 Å². The van der Waals surface area contributed by atoms with Gasteiger partial charge < -0.3 is 14.5 Å². The number of nitro benzene ring substituents is 1. The molecule has 28 heavy (non-hydrogen) atoms. The van der Waals surface area contributed by atoms with E-state index in [9.17, 15) is 14.9 Å². The largest absolute Gasteiger partial charge is 0.378 e. The normalized spacial score (nSPS) is 16.6. The predicted octanol–water partition coefficient (Wildman–Crippen LogP) is 3.68. The van der Waals surface area contributed by atoms with Gasteiger partial charge in [-0.3, -0.25) is 14.9 Å². The summed E-state index contributed by atoms with van der Waals surface area (Å²) in [6.45, 7) is 2.98. The number of ether oxygens (including phenoxy) is 1. The number of amides is 1. The minimum atomic E-state index is -0.468. The highest BCUT2D eigenvalue weighted by atomic mass is 35.5. The van der Waals surface area contributed by atoms with Crippen LogP contribution in [0.5, 0.6) is 0 Å². The van der Waals surface area contributed by atoms with E-state index in [1.165, 1.54) is 12.1 Å².